The van der Waals surface area contributed by atoms with Gasteiger partial charge in [-0.15, -0.1) is 0 Å². The van der Waals surface area contributed by atoms with E-state index in [1.54, 1.807) is 6.07 Å². The molecule has 0 bridgehead atoms. The molecule has 3 aromatic carbocycles. The van der Waals surface area contributed by atoms with Gasteiger partial charge in [0.25, 0.3) is 11.8 Å². The molecule has 1 unspecified atom stereocenters. The molecule has 4 rings (SSSR count). The average molecular weight is 490 g/mol. The third-order valence-corrected chi connectivity index (χ3v) is 5.96. The molecule has 36 heavy (non-hydrogen) atoms. The highest BCUT2D eigenvalue weighted by atomic mass is 19.1. The summed E-state index contributed by atoms with van der Waals surface area (Å²) in [5.74, 6) is -1.62. The third-order valence-electron chi connectivity index (χ3n) is 5.96. The Morgan fingerprint density at radius 1 is 0.944 bits per heavy atom. The number of nitrogens with two attached hydrogens (primary N) is 1. The quantitative estimate of drug-likeness (QED) is 0.494. The van der Waals surface area contributed by atoms with Crippen LogP contribution in [0.25, 0.3) is 0 Å². The van der Waals surface area contributed by atoms with E-state index < -0.39 is 29.8 Å². The van der Waals surface area contributed by atoms with Gasteiger partial charge < -0.3 is 21.3 Å². The lowest BCUT2D eigenvalue weighted by molar-refractivity contribution is -0.128. The van der Waals surface area contributed by atoms with Crippen LogP contribution in [0.3, 0.4) is 0 Å². The number of amides is 4. The maximum absolute atomic E-state index is 13.8. The SMILES string of the molecule is Cc1cccc(NC(=O)N2CCN(C(=O)c3cccc(F)c3)C2C(=O)NCc2cccc(CN)c2)c1. The zero-order chi connectivity index (χ0) is 25.7. The van der Waals surface area contributed by atoms with Crippen molar-refractivity contribution in [2.24, 2.45) is 5.73 Å². The number of anilines is 1. The summed E-state index contributed by atoms with van der Waals surface area (Å²) >= 11 is 0. The molecule has 186 valence electrons. The van der Waals surface area contributed by atoms with E-state index in [4.69, 9.17) is 5.73 Å². The van der Waals surface area contributed by atoms with E-state index in [1.807, 2.05) is 49.4 Å². The van der Waals surface area contributed by atoms with Crippen LogP contribution in [-0.2, 0) is 17.9 Å². The highest BCUT2D eigenvalue weighted by Gasteiger charge is 2.43. The zero-order valence-corrected chi connectivity index (χ0v) is 19.9. The molecule has 1 aliphatic heterocycles. The Morgan fingerprint density at radius 3 is 2.42 bits per heavy atom. The van der Waals surface area contributed by atoms with Crippen molar-refractivity contribution in [2.75, 3.05) is 18.4 Å². The molecule has 8 nitrogen and oxygen atoms in total. The van der Waals surface area contributed by atoms with Gasteiger partial charge >= 0.3 is 6.03 Å². The molecule has 4 N–H and O–H groups in total. The first-order chi connectivity index (χ1) is 17.4. The maximum atomic E-state index is 13.8. The topological polar surface area (TPSA) is 108 Å². The number of nitrogens with zero attached hydrogens (tertiary/aromatic N) is 2. The summed E-state index contributed by atoms with van der Waals surface area (Å²) in [6.45, 7) is 2.73. The Balaban J connectivity index is 1.57. The van der Waals surface area contributed by atoms with Gasteiger partial charge in [0.15, 0.2) is 6.17 Å². The first-order valence-corrected chi connectivity index (χ1v) is 11.6. The summed E-state index contributed by atoms with van der Waals surface area (Å²) in [6.07, 6.45) is -1.21. The minimum Gasteiger partial charge on any atom is -0.349 e. The molecular formula is C27H28FN5O3. The van der Waals surface area contributed by atoms with Crippen LogP contribution in [0.2, 0.25) is 0 Å². The largest absolute Gasteiger partial charge is 0.349 e. The fourth-order valence-corrected chi connectivity index (χ4v) is 4.19. The number of hydrogen-bond acceptors (Lipinski definition) is 4. The fourth-order valence-electron chi connectivity index (χ4n) is 4.19. The Kier molecular flexibility index (Phi) is 7.60. The second-order valence-corrected chi connectivity index (χ2v) is 8.62. The predicted molar refractivity (Wildman–Crippen MR) is 134 cm³/mol. The smallest absolute Gasteiger partial charge is 0.323 e. The number of hydrogen-bond donors (Lipinski definition) is 3. The Hall–Kier alpha value is -4.24. The van der Waals surface area contributed by atoms with E-state index >= 15 is 0 Å². The monoisotopic (exact) mass is 489 g/mol. The number of rotatable bonds is 6. The summed E-state index contributed by atoms with van der Waals surface area (Å²) < 4.78 is 13.8. The highest BCUT2D eigenvalue weighted by Crippen LogP contribution is 2.21. The lowest BCUT2D eigenvalue weighted by Gasteiger charge is -2.29. The van der Waals surface area contributed by atoms with Gasteiger partial charge in [-0.3, -0.25) is 14.5 Å². The highest BCUT2D eigenvalue weighted by molar-refractivity contribution is 6.00. The molecule has 1 saturated heterocycles. The lowest BCUT2D eigenvalue weighted by atomic mass is 10.1. The maximum Gasteiger partial charge on any atom is 0.323 e. The summed E-state index contributed by atoms with van der Waals surface area (Å²) in [5.41, 5.74) is 9.11. The van der Waals surface area contributed by atoms with Crippen molar-refractivity contribution >= 4 is 23.5 Å². The van der Waals surface area contributed by atoms with Crippen LogP contribution in [0.4, 0.5) is 14.9 Å². The average Bonchev–Trinajstić information content (AvgIpc) is 3.32. The summed E-state index contributed by atoms with van der Waals surface area (Å²) in [4.78, 5) is 42.4. The lowest BCUT2D eigenvalue weighted by Crippen LogP contribution is -2.54. The zero-order valence-electron chi connectivity index (χ0n) is 19.9. The van der Waals surface area contributed by atoms with Crippen molar-refractivity contribution in [3.05, 3.63) is 101 Å². The molecule has 0 aromatic heterocycles. The Bertz CT molecular complexity index is 1280. The van der Waals surface area contributed by atoms with Crippen molar-refractivity contribution in [1.82, 2.24) is 15.1 Å². The van der Waals surface area contributed by atoms with E-state index in [0.29, 0.717) is 12.2 Å². The van der Waals surface area contributed by atoms with Crippen molar-refractivity contribution in [1.29, 1.82) is 0 Å². The van der Waals surface area contributed by atoms with E-state index in [0.717, 1.165) is 22.8 Å². The van der Waals surface area contributed by atoms with Gasteiger partial charge in [0.2, 0.25) is 0 Å². The van der Waals surface area contributed by atoms with E-state index in [-0.39, 0.29) is 25.2 Å². The number of nitrogens with one attached hydrogen (secondary N) is 2. The first-order valence-electron chi connectivity index (χ1n) is 11.6. The van der Waals surface area contributed by atoms with Gasteiger partial charge in [0, 0.05) is 37.4 Å². The Labute approximate surface area is 208 Å². The minimum absolute atomic E-state index is 0.101. The van der Waals surface area contributed by atoms with Crippen LogP contribution in [0, 0.1) is 12.7 Å². The molecule has 0 aliphatic carbocycles. The molecule has 0 radical (unpaired) electrons. The van der Waals surface area contributed by atoms with Crippen molar-refractivity contribution < 1.29 is 18.8 Å². The normalized spacial score (nSPS) is 15.0. The number of carbonyl (C=O) groups is 3. The standard InChI is InChI=1S/C27H28FN5O3/c1-18-5-2-10-23(13-18)31-27(36)33-12-11-32(26(35)21-8-4-9-22(28)15-21)25(33)24(34)30-17-20-7-3-6-19(14-20)16-29/h2-10,13-15,25H,11-12,16-17,29H2,1H3,(H,30,34)(H,31,36). The van der Waals surface area contributed by atoms with Crippen LogP contribution in [0.5, 0.6) is 0 Å². The Morgan fingerprint density at radius 2 is 1.67 bits per heavy atom. The van der Waals surface area contributed by atoms with Crippen LogP contribution in [0.15, 0.2) is 72.8 Å². The van der Waals surface area contributed by atoms with Gasteiger partial charge in [-0.2, -0.15) is 0 Å². The molecule has 1 heterocycles. The van der Waals surface area contributed by atoms with E-state index in [2.05, 4.69) is 10.6 Å². The van der Waals surface area contributed by atoms with Gasteiger partial charge in [0.05, 0.1) is 0 Å². The van der Waals surface area contributed by atoms with Gasteiger partial charge in [0.1, 0.15) is 5.82 Å². The van der Waals surface area contributed by atoms with Crippen LogP contribution < -0.4 is 16.4 Å². The second kappa shape index (κ2) is 11.0. The number of halogens is 1. The van der Waals surface area contributed by atoms with Crippen LogP contribution >= 0.6 is 0 Å². The van der Waals surface area contributed by atoms with Crippen molar-refractivity contribution in [2.45, 2.75) is 26.2 Å². The number of benzene rings is 3. The fraction of sp³-hybridized carbons (Fsp3) is 0.222. The summed E-state index contributed by atoms with van der Waals surface area (Å²) in [5, 5.41) is 5.63. The molecule has 0 spiro atoms. The van der Waals surface area contributed by atoms with Crippen molar-refractivity contribution in [3.63, 3.8) is 0 Å². The molecule has 1 aliphatic rings. The molecule has 1 fully saturated rings. The van der Waals surface area contributed by atoms with E-state index in [9.17, 15) is 18.8 Å². The van der Waals surface area contributed by atoms with Crippen LogP contribution in [-0.4, -0.2) is 46.9 Å². The third kappa shape index (κ3) is 5.69. The number of aryl methyl sites for hydroxylation is 1. The van der Waals surface area contributed by atoms with Gasteiger partial charge in [-0.25, -0.2) is 9.18 Å². The molecule has 4 amide bonds. The summed E-state index contributed by atoms with van der Waals surface area (Å²) in [6, 6.07) is 19.5. The predicted octanol–water partition coefficient (Wildman–Crippen LogP) is 3.23. The molecular weight excluding hydrogens is 461 g/mol. The molecule has 9 heteroatoms. The van der Waals surface area contributed by atoms with Gasteiger partial charge in [-0.05, 0) is 53.9 Å². The second-order valence-electron chi connectivity index (χ2n) is 8.62. The van der Waals surface area contributed by atoms with E-state index in [1.165, 1.54) is 28.0 Å². The molecule has 3 aromatic rings. The number of urea groups is 1. The van der Waals surface area contributed by atoms with Gasteiger partial charge in [-0.1, -0.05) is 42.5 Å². The summed E-state index contributed by atoms with van der Waals surface area (Å²) in [7, 11) is 0. The molecule has 0 saturated carbocycles. The first kappa shape index (κ1) is 24.9. The minimum atomic E-state index is -1.21. The molecule has 1 atom stereocenters. The van der Waals surface area contributed by atoms with Crippen molar-refractivity contribution in [3.8, 4) is 0 Å². The van der Waals surface area contributed by atoms with Crippen LogP contribution in [0.1, 0.15) is 27.0 Å². The number of carbonyl (C=O) groups excluding carboxylic acids is 3.